The number of para-hydroxylation sites is 1. The molecule has 0 bridgehead atoms. The Kier molecular flexibility index (Phi) is 8.83. The molecule has 0 atom stereocenters. The Morgan fingerprint density at radius 1 is 1.15 bits per heavy atom. The van der Waals surface area contributed by atoms with Crippen LogP contribution in [0.4, 0.5) is 5.69 Å². The van der Waals surface area contributed by atoms with E-state index in [4.69, 9.17) is 9.47 Å². The van der Waals surface area contributed by atoms with Crippen molar-refractivity contribution in [1.82, 2.24) is 9.88 Å². The van der Waals surface area contributed by atoms with E-state index < -0.39 is 5.97 Å². The molecule has 41 heavy (non-hydrogen) atoms. The number of hydrogen-bond acceptors (Lipinski definition) is 7. The molecule has 2 N–H and O–H groups in total. The highest BCUT2D eigenvalue weighted by atomic mass is 32.2. The number of nitrogens with zero attached hydrogens (tertiary/aromatic N) is 2. The van der Waals surface area contributed by atoms with E-state index in [2.05, 4.69) is 23.3 Å². The normalized spacial score (nSPS) is 17.6. The van der Waals surface area contributed by atoms with Gasteiger partial charge in [-0.05, 0) is 62.1 Å². The molecule has 3 aromatic rings. The fourth-order valence-electron chi connectivity index (χ4n) is 5.40. The number of aliphatic imine (C=N–C) groups is 1. The third kappa shape index (κ3) is 6.20. The predicted molar refractivity (Wildman–Crippen MR) is 164 cm³/mol. The maximum Gasteiger partial charge on any atom is 0.344 e. The lowest BCUT2D eigenvalue weighted by molar-refractivity contribution is -0.138. The molecule has 5 rings (SSSR count). The molecule has 8 nitrogen and oxygen atoms in total. The molecule has 1 aliphatic carbocycles. The molecular formula is C32H35N3O5S. The smallest absolute Gasteiger partial charge is 0.344 e. The molecule has 2 aromatic carbocycles. The van der Waals surface area contributed by atoms with Crippen molar-refractivity contribution in [2.24, 2.45) is 4.99 Å². The summed E-state index contributed by atoms with van der Waals surface area (Å²) in [6, 6.07) is 13.5. The number of aliphatic hydroxyl groups excluding tert-OH is 1. The van der Waals surface area contributed by atoms with Crippen molar-refractivity contribution < 1.29 is 24.2 Å². The predicted octanol–water partition coefficient (Wildman–Crippen LogP) is 6.46. The lowest BCUT2D eigenvalue weighted by Gasteiger charge is -2.13. The Bertz CT molecular complexity index is 1550. The van der Waals surface area contributed by atoms with Gasteiger partial charge in [0, 0.05) is 23.2 Å². The Morgan fingerprint density at radius 3 is 2.59 bits per heavy atom. The number of amides is 1. The molecule has 0 radical (unpaired) electrons. The average molecular weight is 574 g/mol. The van der Waals surface area contributed by atoms with Crippen LogP contribution in [0, 0.1) is 0 Å². The number of esters is 1. The molecule has 1 fully saturated rings. The molecular weight excluding hydrogens is 538 g/mol. The SMILES string of the molecule is CCOC(=O)C1=C(O)/C(=C/c2cn(CC(=O)NC3CCCC3)c3c(CC)cccc23)SC1=Nc1ccc(OC)cc1. The monoisotopic (exact) mass is 573 g/mol. The van der Waals surface area contributed by atoms with E-state index in [1.54, 1.807) is 38.3 Å². The fourth-order valence-corrected chi connectivity index (χ4v) is 6.42. The van der Waals surface area contributed by atoms with E-state index in [1.165, 1.54) is 11.8 Å². The first-order chi connectivity index (χ1) is 19.9. The van der Waals surface area contributed by atoms with Crippen LogP contribution in [0.2, 0.25) is 0 Å². The van der Waals surface area contributed by atoms with Crippen molar-refractivity contribution >= 4 is 51.3 Å². The maximum atomic E-state index is 13.0. The summed E-state index contributed by atoms with van der Waals surface area (Å²) in [6.07, 6.45) is 8.98. The minimum absolute atomic E-state index is 0.00426. The van der Waals surface area contributed by atoms with Crippen molar-refractivity contribution in [2.75, 3.05) is 13.7 Å². The van der Waals surface area contributed by atoms with E-state index in [9.17, 15) is 14.7 Å². The van der Waals surface area contributed by atoms with E-state index in [0.717, 1.165) is 54.1 Å². The summed E-state index contributed by atoms with van der Waals surface area (Å²) in [7, 11) is 1.59. The summed E-state index contributed by atoms with van der Waals surface area (Å²) in [4.78, 5) is 31.0. The van der Waals surface area contributed by atoms with E-state index in [-0.39, 0.29) is 36.4 Å². The Balaban J connectivity index is 1.53. The number of nitrogens with one attached hydrogen (secondary N) is 1. The number of thioether (sulfide) groups is 1. The van der Waals surface area contributed by atoms with Gasteiger partial charge in [-0.15, -0.1) is 0 Å². The Morgan fingerprint density at radius 2 is 1.90 bits per heavy atom. The standard InChI is InChI=1S/C32H35N3O5S/c1-4-20-9-8-12-25-21(18-35(29(20)25)19-27(36)33-22-10-6-7-11-22)17-26-30(37)28(32(38)40-5-2)31(41-26)34-23-13-15-24(39-3)16-14-23/h8-9,12-18,22,37H,4-7,10-11,19H2,1-3H3,(H,33,36)/b26-17-,34-31?. The number of aromatic nitrogens is 1. The van der Waals surface area contributed by atoms with Gasteiger partial charge < -0.3 is 24.5 Å². The Labute approximate surface area is 244 Å². The number of methoxy groups -OCH3 is 1. The van der Waals surface area contributed by atoms with Crippen molar-refractivity contribution in [1.29, 1.82) is 0 Å². The molecule has 1 aromatic heterocycles. The van der Waals surface area contributed by atoms with E-state index >= 15 is 0 Å². The molecule has 1 saturated carbocycles. The lowest BCUT2D eigenvalue weighted by Crippen LogP contribution is -2.35. The highest BCUT2D eigenvalue weighted by molar-refractivity contribution is 8.18. The van der Waals surface area contributed by atoms with Crippen LogP contribution in [-0.4, -0.2) is 46.4 Å². The molecule has 214 valence electrons. The van der Waals surface area contributed by atoms with Gasteiger partial charge in [0.15, 0.2) is 0 Å². The van der Waals surface area contributed by atoms with Gasteiger partial charge in [-0.25, -0.2) is 9.79 Å². The van der Waals surface area contributed by atoms with E-state index in [0.29, 0.717) is 21.4 Å². The first kappa shape index (κ1) is 28.5. The second-order valence-electron chi connectivity index (χ2n) is 10.1. The van der Waals surface area contributed by atoms with Crippen molar-refractivity contribution in [3.8, 4) is 5.75 Å². The van der Waals surface area contributed by atoms with Gasteiger partial charge >= 0.3 is 5.97 Å². The second-order valence-corrected chi connectivity index (χ2v) is 11.1. The molecule has 2 aliphatic rings. The van der Waals surface area contributed by atoms with Gasteiger partial charge in [-0.1, -0.05) is 49.7 Å². The summed E-state index contributed by atoms with van der Waals surface area (Å²) < 4.78 is 12.5. The first-order valence-corrected chi connectivity index (χ1v) is 14.9. The Hall–Kier alpha value is -3.98. The topological polar surface area (TPSA) is 102 Å². The minimum Gasteiger partial charge on any atom is -0.506 e. The van der Waals surface area contributed by atoms with Crippen LogP contribution in [-0.2, 0) is 27.3 Å². The number of carbonyl (C=O) groups excluding carboxylic acids is 2. The van der Waals surface area contributed by atoms with Crippen LogP contribution in [0.1, 0.15) is 50.7 Å². The van der Waals surface area contributed by atoms with Crippen LogP contribution < -0.4 is 10.1 Å². The zero-order valence-electron chi connectivity index (χ0n) is 23.6. The number of aliphatic hydroxyl groups is 1. The highest BCUT2D eigenvalue weighted by Gasteiger charge is 2.33. The summed E-state index contributed by atoms with van der Waals surface area (Å²) in [5.41, 5.74) is 3.61. The third-order valence-corrected chi connectivity index (χ3v) is 8.41. The molecule has 0 spiro atoms. The molecule has 0 unspecified atom stereocenters. The number of fused-ring (bicyclic) bond motifs is 1. The zero-order valence-corrected chi connectivity index (χ0v) is 24.4. The number of aryl methyl sites for hydroxylation is 1. The zero-order chi connectivity index (χ0) is 28.9. The summed E-state index contributed by atoms with van der Waals surface area (Å²) in [6.45, 7) is 4.20. The van der Waals surface area contributed by atoms with Crippen LogP contribution in [0.15, 0.2) is 69.9 Å². The summed E-state index contributed by atoms with van der Waals surface area (Å²) in [5.74, 6) is -0.118. The maximum absolute atomic E-state index is 13.0. The fraction of sp³-hybridized carbons (Fsp3) is 0.344. The minimum atomic E-state index is -0.632. The number of carbonyl (C=O) groups is 2. The van der Waals surface area contributed by atoms with Crippen molar-refractivity contribution in [3.05, 3.63) is 76.0 Å². The van der Waals surface area contributed by atoms with E-state index in [1.807, 2.05) is 29.0 Å². The number of ether oxygens (including phenoxy) is 2. The van der Waals surface area contributed by atoms with Gasteiger partial charge in [0.1, 0.15) is 28.7 Å². The van der Waals surface area contributed by atoms with Gasteiger partial charge in [0.25, 0.3) is 0 Å². The molecule has 0 saturated heterocycles. The summed E-state index contributed by atoms with van der Waals surface area (Å²) in [5, 5.41) is 15.7. The van der Waals surface area contributed by atoms with Crippen LogP contribution in [0.3, 0.4) is 0 Å². The third-order valence-electron chi connectivity index (χ3n) is 7.39. The van der Waals surface area contributed by atoms with Crippen molar-refractivity contribution in [3.63, 3.8) is 0 Å². The number of benzene rings is 2. The lowest BCUT2D eigenvalue weighted by atomic mass is 10.1. The highest BCUT2D eigenvalue weighted by Crippen LogP contribution is 2.41. The van der Waals surface area contributed by atoms with Crippen LogP contribution in [0.5, 0.6) is 5.75 Å². The van der Waals surface area contributed by atoms with Gasteiger partial charge in [-0.3, -0.25) is 4.79 Å². The first-order valence-electron chi connectivity index (χ1n) is 14.0. The van der Waals surface area contributed by atoms with Gasteiger partial charge in [-0.2, -0.15) is 0 Å². The molecule has 9 heteroatoms. The summed E-state index contributed by atoms with van der Waals surface area (Å²) >= 11 is 1.21. The van der Waals surface area contributed by atoms with Gasteiger partial charge in [0.2, 0.25) is 5.91 Å². The molecule has 1 aliphatic heterocycles. The number of rotatable bonds is 9. The molecule has 1 amide bonds. The van der Waals surface area contributed by atoms with Gasteiger partial charge in [0.05, 0.1) is 29.8 Å². The largest absolute Gasteiger partial charge is 0.506 e. The van der Waals surface area contributed by atoms with Crippen LogP contribution >= 0.6 is 11.8 Å². The quantitative estimate of drug-likeness (QED) is 0.285. The molecule has 2 heterocycles. The van der Waals surface area contributed by atoms with Crippen LogP contribution in [0.25, 0.3) is 17.0 Å². The van der Waals surface area contributed by atoms with Crippen molar-refractivity contribution in [2.45, 2.75) is 58.5 Å². The number of hydrogen-bond donors (Lipinski definition) is 2. The average Bonchev–Trinajstić information content (AvgIpc) is 3.68. The second kappa shape index (κ2) is 12.7.